The molecule has 0 bridgehead atoms. The van der Waals surface area contributed by atoms with Gasteiger partial charge in [0.15, 0.2) is 0 Å². The molecule has 0 unspecified atom stereocenters. The second kappa shape index (κ2) is 9.42. The molecule has 0 aliphatic carbocycles. The summed E-state index contributed by atoms with van der Waals surface area (Å²) in [5.74, 6) is 0.243. The van der Waals surface area contributed by atoms with Gasteiger partial charge in [-0.3, -0.25) is 0 Å². The molecule has 0 aromatic heterocycles. The van der Waals surface area contributed by atoms with E-state index in [0.717, 1.165) is 17.5 Å². The number of phenolic OH excluding ortho intramolecular Hbond substituents is 1. The average Bonchev–Trinajstić information content (AvgIpc) is 2.65. The zero-order valence-corrected chi connectivity index (χ0v) is 16.2. The van der Waals surface area contributed by atoms with Gasteiger partial charge >= 0.3 is 0 Å². The lowest BCUT2D eigenvalue weighted by Crippen LogP contribution is -2.17. The van der Waals surface area contributed by atoms with Crippen LogP contribution in [0.2, 0.25) is 0 Å². The molecular weight excluding hydrogens is 322 g/mol. The van der Waals surface area contributed by atoms with Crippen molar-refractivity contribution in [2.75, 3.05) is 0 Å². The van der Waals surface area contributed by atoms with E-state index in [-0.39, 0.29) is 11.2 Å². The first-order chi connectivity index (χ1) is 12.5. The summed E-state index contributed by atoms with van der Waals surface area (Å²) in [5, 5.41) is 23.2. The quantitative estimate of drug-likeness (QED) is 0.249. The Morgan fingerprint density at radius 1 is 1.00 bits per heavy atom. The Labute approximate surface area is 157 Å². The minimum atomic E-state index is 0.0550. The molecule has 3 heteroatoms. The van der Waals surface area contributed by atoms with Gasteiger partial charge in [0.25, 0.3) is 0 Å². The molecule has 26 heavy (non-hydrogen) atoms. The second-order valence-corrected chi connectivity index (χ2v) is 7.63. The molecule has 2 rings (SSSR count). The highest BCUT2D eigenvalue weighted by Gasteiger charge is 2.21. The van der Waals surface area contributed by atoms with Gasteiger partial charge in [-0.2, -0.15) is 0 Å². The van der Waals surface area contributed by atoms with Gasteiger partial charge in [-0.05, 0) is 29.0 Å². The summed E-state index contributed by atoms with van der Waals surface area (Å²) >= 11 is 0. The van der Waals surface area contributed by atoms with Gasteiger partial charge in [-0.25, -0.2) is 0 Å². The van der Waals surface area contributed by atoms with E-state index in [9.17, 15) is 10.3 Å². The molecule has 3 nitrogen and oxygen atoms in total. The number of aromatic hydroxyl groups is 1. The topological polar surface area (TPSA) is 52.8 Å². The first-order valence-corrected chi connectivity index (χ1v) is 9.56. The number of unbranched alkanes of at least 4 members (excludes halogenated alkanes) is 3. The standard InChI is InChI=1S/C23H31NO2/c1-4-5-6-10-15-23(2,3)20-13-14-22(25)19(16-20)17-21(24-26)18-11-8-7-9-12-18/h7-9,11-14,16,25-26H,4-6,10,15,17H2,1-3H3. The Balaban J connectivity index is 2.18. The third kappa shape index (κ3) is 5.35. The van der Waals surface area contributed by atoms with Crippen LogP contribution < -0.4 is 0 Å². The molecule has 0 fully saturated rings. The zero-order chi connectivity index (χ0) is 19.0. The fraction of sp³-hybridized carbons (Fsp3) is 0.435. The van der Waals surface area contributed by atoms with Crippen LogP contribution >= 0.6 is 0 Å². The van der Waals surface area contributed by atoms with Crippen LogP contribution in [0.15, 0.2) is 53.7 Å². The lowest BCUT2D eigenvalue weighted by Gasteiger charge is -2.26. The van der Waals surface area contributed by atoms with E-state index in [1.807, 2.05) is 36.4 Å². The summed E-state index contributed by atoms with van der Waals surface area (Å²) in [6.07, 6.45) is 6.52. The molecule has 0 spiro atoms. The summed E-state index contributed by atoms with van der Waals surface area (Å²) in [6.45, 7) is 6.74. The van der Waals surface area contributed by atoms with Gasteiger partial charge in [0.05, 0.1) is 5.71 Å². The maximum Gasteiger partial charge on any atom is 0.119 e. The second-order valence-electron chi connectivity index (χ2n) is 7.63. The highest BCUT2D eigenvalue weighted by Crippen LogP contribution is 2.32. The van der Waals surface area contributed by atoms with E-state index < -0.39 is 0 Å². The van der Waals surface area contributed by atoms with Gasteiger partial charge in [-0.1, -0.05) is 94.1 Å². The van der Waals surface area contributed by atoms with E-state index in [1.165, 1.54) is 31.2 Å². The highest BCUT2D eigenvalue weighted by atomic mass is 16.4. The third-order valence-electron chi connectivity index (χ3n) is 5.10. The molecule has 2 aromatic rings. The zero-order valence-electron chi connectivity index (χ0n) is 16.2. The summed E-state index contributed by atoms with van der Waals surface area (Å²) in [5.41, 5.74) is 3.48. The summed E-state index contributed by atoms with van der Waals surface area (Å²) in [4.78, 5) is 0. The predicted molar refractivity (Wildman–Crippen MR) is 108 cm³/mol. The van der Waals surface area contributed by atoms with E-state index in [4.69, 9.17) is 0 Å². The Morgan fingerprint density at radius 3 is 2.38 bits per heavy atom. The smallest absolute Gasteiger partial charge is 0.119 e. The van der Waals surface area contributed by atoms with Crippen molar-refractivity contribution in [2.24, 2.45) is 5.16 Å². The maximum absolute atomic E-state index is 10.3. The number of phenols is 1. The maximum atomic E-state index is 10.3. The summed E-state index contributed by atoms with van der Waals surface area (Å²) < 4.78 is 0. The lowest BCUT2D eigenvalue weighted by atomic mass is 9.79. The van der Waals surface area contributed by atoms with Crippen molar-refractivity contribution < 1.29 is 10.3 Å². The fourth-order valence-corrected chi connectivity index (χ4v) is 3.29. The van der Waals surface area contributed by atoms with Gasteiger partial charge in [0.2, 0.25) is 0 Å². The number of benzene rings is 2. The molecule has 0 heterocycles. The Morgan fingerprint density at radius 2 is 1.73 bits per heavy atom. The Bertz CT molecular complexity index is 720. The number of rotatable bonds is 9. The van der Waals surface area contributed by atoms with Crippen LogP contribution in [0.25, 0.3) is 0 Å². The fourth-order valence-electron chi connectivity index (χ4n) is 3.29. The van der Waals surface area contributed by atoms with Crippen molar-refractivity contribution in [1.82, 2.24) is 0 Å². The molecule has 0 amide bonds. The van der Waals surface area contributed by atoms with Gasteiger partial charge in [0.1, 0.15) is 5.75 Å². The molecule has 0 saturated carbocycles. The predicted octanol–water partition coefficient (Wildman–Crippen LogP) is 6.06. The molecule has 0 radical (unpaired) electrons. The number of hydrogen-bond donors (Lipinski definition) is 2. The molecule has 0 aliphatic rings. The number of nitrogens with zero attached hydrogens (tertiary/aromatic N) is 1. The first-order valence-electron chi connectivity index (χ1n) is 9.56. The Hall–Kier alpha value is -2.29. The lowest BCUT2D eigenvalue weighted by molar-refractivity contribution is 0.318. The van der Waals surface area contributed by atoms with Crippen molar-refractivity contribution in [3.05, 3.63) is 65.2 Å². The monoisotopic (exact) mass is 353 g/mol. The van der Waals surface area contributed by atoms with Crippen LogP contribution in [0, 0.1) is 0 Å². The van der Waals surface area contributed by atoms with Crippen molar-refractivity contribution in [1.29, 1.82) is 0 Å². The van der Waals surface area contributed by atoms with E-state index in [1.54, 1.807) is 6.07 Å². The van der Waals surface area contributed by atoms with Crippen LogP contribution in [0.5, 0.6) is 5.75 Å². The van der Waals surface area contributed by atoms with Crippen LogP contribution in [-0.2, 0) is 11.8 Å². The third-order valence-corrected chi connectivity index (χ3v) is 5.10. The van der Waals surface area contributed by atoms with Crippen molar-refractivity contribution in [3.8, 4) is 5.75 Å². The minimum Gasteiger partial charge on any atom is -0.508 e. The minimum absolute atomic E-state index is 0.0550. The molecule has 0 atom stereocenters. The normalized spacial score (nSPS) is 12.3. The molecule has 0 aliphatic heterocycles. The number of hydrogen-bond acceptors (Lipinski definition) is 3. The Kier molecular flexibility index (Phi) is 7.26. The van der Waals surface area contributed by atoms with Crippen LogP contribution in [0.1, 0.15) is 69.6 Å². The molecule has 2 N–H and O–H groups in total. The van der Waals surface area contributed by atoms with Crippen molar-refractivity contribution in [2.45, 2.75) is 64.7 Å². The van der Waals surface area contributed by atoms with Crippen LogP contribution in [0.3, 0.4) is 0 Å². The number of oxime groups is 1. The molecular formula is C23H31NO2. The van der Waals surface area contributed by atoms with E-state index >= 15 is 0 Å². The highest BCUT2D eigenvalue weighted by molar-refractivity contribution is 6.01. The van der Waals surface area contributed by atoms with Gasteiger partial charge < -0.3 is 10.3 Å². The van der Waals surface area contributed by atoms with E-state index in [0.29, 0.717) is 12.1 Å². The molecule has 140 valence electrons. The van der Waals surface area contributed by atoms with E-state index in [2.05, 4.69) is 32.0 Å². The SMILES string of the molecule is CCCCCCC(C)(C)c1ccc(O)c(CC(=NO)c2ccccc2)c1. The van der Waals surface area contributed by atoms with Crippen LogP contribution in [0.4, 0.5) is 0 Å². The van der Waals surface area contributed by atoms with Gasteiger partial charge in [-0.15, -0.1) is 0 Å². The summed E-state index contributed by atoms with van der Waals surface area (Å²) in [7, 11) is 0. The largest absolute Gasteiger partial charge is 0.508 e. The molecule has 2 aromatic carbocycles. The van der Waals surface area contributed by atoms with Crippen molar-refractivity contribution in [3.63, 3.8) is 0 Å². The van der Waals surface area contributed by atoms with Crippen molar-refractivity contribution >= 4 is 5.71 Å². The average molecular weight is 354 g/mol. The first kappa shape index (κ1) is 20.0. The molecule has 0 saturated heterocycles. The summed E-state index contributed by atoms with van der Waals surface area (Å²) in [6, 6.07) is 15.4. The van der Waals surface area contributed by atoms with Crippen LogP contribution in [-0.4, -0.2) is 16.0 Å². The van der Waals surface area contributed by atoms with Gasteiger partial charge in [0, 0.05) is 12.0 Å².